The molecule has 1 aromatic carbocycles. The van der Waals surface area contributed by atoms with E-state index in [-0.39, 0.29) is 6.79 Å². The fourth-order valence-corrected chi connectivity index (χ4v) is 2.53. The van der Waals surface area contributed by atoms with E-state index in [2.05, 4.69) is 24.5 Å². The number of rotatable bonds is 7. The zero-order valence-corrected chi connectivity index (χ0v) is 13.6. The van der Waals surface area contributed by atoms with Crippen molar-refractivity contribution in [2.24, 2.45) is 5.92 Å². The van der Waals surface area contributed by atoms with Gasteiger partial charge in [0.05, 0.1) is 0 Å². The second-order valence-electron chi connectivity index (χ2n) is 5.32. The molecule has 116 valence electrons. The fourth-order valence-electron chi connectivity index (χ4n) is 2.33. The van der Waals surface area contributed by atoms with Crippen LogP contribution < -0.4 is 20.1 Å². The van der Waals surface area contributed by atoms with Crippen LogP contribution in [0.5, 0.6) is 11.5 Å². The average molecular weight is 308 g/mol. The highest BCUT2D eigenvalue weighted by atomic mass is 32.1. The summed E-state index contributed by atoms with van der Waals surface area (Å²) in [5.74, 6) is 2.23. The predicted octanol–water partition coefficient (Wildman–Crippen LogP) is 3.92. The minimum absolute atomic E-state index is 0.289. The summed E-state index contributed by atoms with van der Waals surface area (Å²) >= 11 is 5.35. The molecule has 0 spiro atoms. The first-order valence-electron chi connectivity index (χ1n) is 7.67. The van der Waals surface area contributed by atoms with Crippen molar-refractivity contribution in [3.63, 3.8) is 0 Å². The molecule has 0 fully saturated rings. The lowest BCUT2D eigenvalue weighted by Gasteiger charge is -2.17. The van der Waals surface area contributed by atoms with Crippen LogP contribution in [0.15, 0.2) is 18.2 Å². The van der Waals surface area contributed by atoms with Crippen LogP contribution in [0.3, 0.4) is 0 Å². The SMILES string of the molecule is CCCC[C@@H](CC)CNC(=S)Nc1ccc2c(c1)OCO2. The number of unbranched alkanes of at least 4 members (excludes halogenated alkanes) is 1. The molecule has 2 N–H and O–H groups in total. The number of benzene rings is 1. The number of hydrogen-bond acceptors (Lipinski definition) is 3. The zero-order valence-electron chi connectivity index (χ0n) is 12.8. The second kappa shape index (κ2) is 8.08. The molecule has 0 radical (unpaired) electrons. The van der Waals surface area contributed by atoms with E-state index in [4.69, 9.17) is 21.7 Å². The minimum Gasteiger partial charge on any atom is -0.454 e. The summed E-state index contributed by atoms with van der Waals surface area (Å²) in [5.41, 5.74) is 0.915. The normalized spacial score (nSPS) is 13.8. The van der Waals surface area contributed by atoms with Gasteiger partial charge in [0.25, 0.3) is 0 Å². The van der Waals surface area contributed by atoms with E-state index in [9.17, 15) is 0 Å². The molecule has 5 heteroatoms. The highest BCUT2D eigenvalue weighted by molar-refractivity contribution is 7.80. The molecular formula is C16H24N2O2S. The number of ether oxygens (including phenoxy) is 2. The van der Waals surface area contributed by atoms with Crippen molar-refractivity contribution in [2.75, 3.05) is 18.7 Å². The van der Waals surface area contributed by atoms with Gasteiger partial charge in [-0.05, 0) is 36.7 Å². The van der Waals surface area contributed by atoms with Gasteiger partial charge in [-0.25, -0.2) is 0 Å². The van der Waals surface area contributed by atoms with Crippen LogP contribution in [0.25, 0.3) is 0 Å². The summed E-state index contributed by atoms with van der Waals surface area (Å²) in [4.78, 5) is 0. The Morgan fingerprint density at radius 1 is 1.29 bits per heavy atom. The van der Waals surface area contributed by atoms with E-state index in [0.29, 0.717) is 11.0 Å². The van der Waals surface area contributed by atoms with E-state index in [1.54, 1.807) is 0 Å². The Morgan fingerprint density at radius 3 is 2.86 bits per heavy atom. The van der Waals surface area contributed by atoms with Crippen LogP contribution in [0, 0.1) is 5.92 Å². The van der Waals surface area contributed by atoms with Crippen molar-refractivity contribution in [1.29, 1.82) is 0 Å². The van der Waals surface area contributed by atoms with Crippen LogP contribution in [-0.2, 0) is 0 Å². The summed E-state index contributed by atoms with van der Waals surface area (Å²) in [5, 5.41) is 7.16. The summed E-state index contributed by atoms with van der Waals surface area (Å²) < 4.78 is 10.6. The molecule has 0 unspecified atom stereocenters. The Balaban J connectivity index is 1.79. The van der Waals surface area contributed by atoms with E-state index in [1.807, 2.05) is 18.2 Å². The van der Waals surface area contributed by atoms with E-state index < -0.39 is 0 Å². The Kier molecular flexibility index (Phi) is 6.11. The smallest absolute Gasteiger partial charge is 0.231 e. The highest BCUT2D eigenvalue weighted by Crippen LogP contribution is 2.34. The Hall–Kier alpha value is -1.49. The Labute approximate surface area is 132 Å². The maximum Gasteiger partial charge on any atom is 0.231 e. The second-order valence-corrected chi connectivity index (χ2v) is 5.73. The van der Waals surface area contributed by atoms with Crippen LogP contribution in [0.4, 0.5) is 5.69 Å². The van der Waals surface area contributed by atoms with Crippen LogP contribution >= 0.6 is 12.2 Å². The lowest BCUT2D eigenvalue weighted by Crippen LogP contribution is -2.32. The van der Waals surface area contributed by atoms with Gasteiger partial charge in [-0.3, -0.25) is 0 Å². The van der Waals surface area contributed by atoms with Gasteiger partial charge in [0.15, 0.2) is 16.6 Å². The third-order valence-electron chi connectivity index (χ3n) is 3.73. The third kappa shape index (κ3) is 4.77. The number of hydrogen-bond donors (Lipinski definition) is 2. The topological polar surface area (TPSA) is 42.5 Å². The maximum absolute atomic E-state index is 5.35. The molecule has 1 heterocycles. The number of anilines is 1. The number of thiocarbonyl (C=S) groups is 1. The quantitative estimate of drug-likeness (QED) is 0.747. The van der Waals surface area contributed by atoms with Crippen molar-refractivity contribution in [1.82, 2.24) is 5.32 Å². The molecule has 0 amide bonds. The Bertz CT molecular complexity index is 479. The molecular weight excluding hydrogens is 284 g/mol. The lowest BCUT2D eigenvalue weighted by atomic mass is 9.99. The molecule has 0 aliphatic carbocycles. The van der Waals surface area contributed by atoms with Gasteiger partial charge in [-0.1, -0.05) is 33.1 Å². The maximum atomic E-state index is 5.35. The number of nitrogens with one attached hydrogen (secondary N) is 2. The Morgan fingerprint density at radius 2 is 2.10 bits per heavy atom. The van der Waals surface area contributed by atoms with Crippen LogP contribution in [0.2, 0.25) is 0 Å². The lowest BCUT2D eigenvalue weighted by molar-refractivity contribution is 0.174. The van der Waals surface area contributed by atoms with Gasteiger partial charge >= 0.3 is 0 Å². The van der Waals surface area contributed by atoms with Crippen molar-refractivity contribution in [3.05, 3.63) is 18.2 Å². The summed E-state index contributed by atoms with van der Waals surface area (Å²) in [6, 6.07) is 5.74. The zero-order chi connectivity index (χ0) is 15.1. The van der Waals surface area contributed by atoms with Crippen LogP contribution in [-0.4, -0.2) is 18.5 Å². The van der Waals surface area contributed by atoms with Crippen molar-refractivity contribution in [2.45, 2.75) is 39.5 Å². The molecule has 1 atom stereocenters. The van der Waals surface area contributed by atoms with E-state index >= 15 is 0 Å². The number of fused-ring (bicyclic) bond motifs is 1. The minimum atomic E-state index is 0.289. The summed E-state index contributed by atoms with van der Waals surface area (Å²) in [6.07, 6.45) is 4.96. The molecule has 0 aromatic heterocycles. The molecule has 21 heavy (non-hydrogen) atoms. The molecule has 0 saturated heterocycles. The fraction of sp³-hybridized carbons (Fsp3) is 0.562. The van der Waals surface area contributed by atoms with Gasteiger partial charge in [-0.2, -0.15) is 0 Å². The van der Waals surface area contributed by atoms with Crippen LogP contribution in [0.1, 0.15) is 39.5 Å². The molecule has 2 rings (SSSR count). The molecule has 1 aromatic rings. The van der Waals surface area contributed by atoms with Crippen molar-refractivity contribution >= 4 is 23.0 Å². The molecule has 0 bridgehead atoms. The highest BCUT2D eigenvalue weighted by Gasteiger charge is 2.13. The van der Waals surface area contributed by atoms with Gasteiger partial charge < -0.3 is 20.1 Å². The first-order valence-corrected chi connectivity index (χ1v) is 8.08. The average Bonchev–Trinajstić information content (AvgIpc) is 2.95. The summed E-state index contributed by atoms with van der Waals surface area (Å²) in [7, 11) is 0. The first kappa shape index (κ1) is 15.9. The molecule has 4 nitrogen and oxygen atoms in total. The predicted molar refractivity (Wildman–Crippen MR) is 90.1 cm³/mol. The molecule has 1 aliphatic heterocycles. The van der Waals surface area contributed by atoms with Gasteiger partial charge in [-0.15, -0.1) is 0 Å². The first-order chi connectivity index (χ1) is 10.2. The summed E-state index contributed by atoms with van der Waals surface area (Å²) in [6.45, 7) is 5.67. The van der Waals surface area contributed by atoms with E-state index in [0.717, 1.165) is 23.7 Å². The standard InChI is InChI=1S/C16H24N2O2S/c1-3-5-6-12(4-2)10-17-16(21)18-13-7-8-14-15(9-13)20-11-19-14/h7-9,12H,3-6,10-11H2,1-2H3,(H2,17,18,21)/t12-/m1/s1. The monoisotopic (exact) mass is 308 g/mol. The molecule has 0 saturated carbocycles. The third-order valence-corrected chi connectivity index (χ3v) is 3.97. The largest absolute Gasteiger partial charge is 0.454 e. The van der Waals surface area contributed by atoms with Crippen molar-refractivity contribution < 1.29 is 9.47 Å². The van der Waals surface area contributed by atoms with E-state index in [1.165, 1.54) is 25.7 Å². The van der Waals surface area contributed by atoms with Gasteiger partial charge in [0, 0.05) is 18.3 Å². The van der Waals surface area contributed by atoms with Crippen molar-refractivity contribution in [3.8, 4) is 11.5 Å². The molecule has 1 aliphatic rings. The van der Waals surface area contributed by atoms with Gasteiger partial charge in [0.2, 0.25) is 6.79 Å². The van der Waals surface area contributed by atoms with Gasteiger partial charge in [0.1, 0.15) is 0 Å².